The van der Waals surface area contributed by atoms with Crippen molar-refractivity contribution < 1.29 is 9.59 Å². The largest absolute Gasteiger partial charge is 0.348 e. The predicted molar refractivity (Wildman–Crippen MR) is 111 cm³/mol. The van der Waals surface area contributed by atoms with E-state index in [1.165, 1.54) is 16.8 Å². The zero-order valence-electron chi connectivity index (χ0n) is 15.8. The number of nitrogens with one attached hydrogen (secondary N) is 2. The van der Waals surface area contributed by atoms with E-state index in [1.807, 2.05) is 0 Å². The molecule has 4 aromatic rings. The van der Waals surface area contributed by atoms with E-state index < -0.39 is 11.5 Å². The van der Waals surface area contributed by atoms with Crippen LogP contribution >= 0.6 is 0 Å². The van der Waals surface area contributed by atoms with E-state index in [9.17, 15) is 14.4 Å². The molecule has 0 fully saturated rings. The fraction of sp³-hybridized carbons (Fsp3) is 0.0455. The summed E-state index contributed by atoms with van der Waals surface area (Å²) in [5.74, 6) is -0.750. The molecule has 0 saturated heterocycles. The Morgan fingerprint density at radius 1 is 0.900 bits per heavy atom. The van der Waals surface area contributed by atoms with Gasteiger partial charge in [0.1, 0.15) is 11.3 Å². The number of rotatable bonds is 5. The molecule has 4 rings (SSSR count). The van der Waals surface area contributed by atoms with Gasteiger partial charge in [-0.1, -0.05) is 18.2 Å². The molecular formula is C22H17N5O3. The lowest BCUT2D eigenvalue weighted by molar-refractivity contribution is 0.0949. The summed E-state index contributed by atoms with van der Waals surface area (Å²) in [7, 11) is 0. The van der Waals surface area contributed by atoms with Gasteiger partial charge in [-0.05, 0) is 42.0 Å². The molecule has 3 aromatic heterocycles. The number of hydrogen-bond acceptors (Lipinski definition) is 5. The first kappa shape index (κ1) is 19.0. The van der Waals surface area contributed by atoms with Crippen LogP contribution in [0.2, 0.25) is 0 Å². The summed E-state index contributed by atoms with van der Waals surface area (Å²) in [5.41, 5.74) is 1.54. The third kappa shape index (κ3) is 4.07. The van der Waals surface area contributed by atoms with Crippen LogP contribution in [-0.2, 0) is 6.54 Å². The van der Waals surface area contributed by atoms with Crippen molar-refractivity contribution >= 4 is 23.1 Å². The number of anilines is 1. The van der Waals surface area contributed by atoms with Crippen molar-refractivity contribution in [1.29, 1.82) is 0 Å². The smallest absolute Gasteiger partial charge is 0.281 e. The topological polar surface area (TPSA) is 105 Å². The summed E-state index contributed by atoms with van der Waals surface area (Å²) in [5, 5.41) is 5.37. The molecule has 0 spiro atoms. The Bertz CT molecular complexity index is 1270. The average Bonchev–Trinajstić information content (AvgIpc) is 2.80. The summed E-state index contributed by atoms with van der Waals surface area (Å²) in [6.07, 6.45) is 6.01. The molecule has 0 aliphatic carbocycles. The quantitative estimate of drug-likeness (QED) is 0.536. The van der Waals surface area contributed by atoms with Crippen LogP contribution in [0, 0.1) is 0 Å². The Balaban J connectivity index is 1.57. The number of carbonyl (C=O) groups is 2. The molecule has 0 aliphatic rings. The van der Waals surface area contributed by atoms with Crippen LogP contribution in [-0.4, -0.2) is 26.2 Å². The minimum absolute atomic E-state index is 0.0238. The average molecular weight is 399 g/mol. The maximum Gasteiger partial charge on any atom is 0.281 e. The Morgan fingerprint density at radius 3 is 2.43 bits per heavy atom. The molecule has 1 aromatic carbocycles. The molecule has 8 heteroatoms. The lowest BCUT2D eigenvalue weighted by Gasteiger charge is -2.09. The zero-order chi connectivity index (χ0) is 20.9. The van der Waals surface area contributed by atoms with Gasteiger partial charge in [0.25, 0.3) is 17.4 Å². The third-order valence-electron chi connectivity index (χ3n) is 4.45. The van der Waals surface area contributed by atoms with Gasteiger partial charge in [-0.3, -0.25) is 23.8 Å². The molecular weight excluding hydrogens is 382 g/mol. The Labute approximate surface area is 171 Å². The van der Waals surface area contributed by atoms with Crippen LogP contribution in [0.25, 0.3) is 5.65 Å². The normalized spacial score (nSPS) is 10.5. The monoisotopic (exact) mass is 399 g/mol. The van der Waals surface area contributed by atoms with Gasteiger partial charge in [0.2, 0.25) is 0 Å². The highest BCUT2D eigenvalue weighted by Gasteiger charge is 2.12. The maximum atomic E-state index is 12.8. The molecule has 0 bridgehead atoms. The summed E-state index contributed by atoms with van der Waals surface area (Å²) in [6, 6.07) is 15.3. The number of carbonyl (C=O) groups excluding carboxylic acids is 2. The van der Waals surface area contributed by atoms with Gasteiger partial charge in [0, 0.05) is 30.7 Å². The number of amides is 2. The summed E-state index contributed by atoms with van der Waals surface area (Å²) in [4.78, 5) is 45.8. The zero-order valence-corrected chi connectivity index (χ0v) is 15.8. The molecule has 0 radical (unpaired) electrons. The first-order valence-electron chi connectivity index (χ1n) is 9.17. The van der Waals surface area contributed by atoms with Gasteiger partial charge in [-0.25, -0.2) is 4.98 Å². The number of benzene rings is 1. The fourth-order valence-electron chi connectivity index (χ4n) is 2.87. The summed E-state index contributed by atoms with van der Waals surface area (Å²) in [6.45, 7) is 0.333. The van der Waals surface area contributed by atoms with Crippen molar-refractivity contribution in [1.82, 2.24) is 19.7 Å². The molecule has 30 heavy (non-hydrogen) atoms. The Kier molecular flexibility index (Phi) is 5.29. The van der Waals surface area contributed by atoms with Crippen molar-refractivity contribution in [3.8, 4) is 0 Å². The van der Waals surface area contributed by atoms with Crippen molar-refractivity contribution in [2.75, 3.05) is 5.32 Å². The highest BCUT2D eigenvalue weighted by atomic mass is 16.2. The van der Waals surface area contributed by atoms with Crippen molar-refractivity contribution in [2.45, 2.75) is 6.54 Å². The van der Waals surface area contributed by atoms with Gasteiger partial charge in [-0.15, -0.1) is 0 Å². The van der Waals surface area contributed by atoms with Crippen LogP contribution in [0.3, 0.4) is 0 Å². The third-order valence-corrected chi connectivity index (χ3v) is 4.45. The standard InChI is InChI=1S/C22H17N5O3/c28-20(25-12-15-8-10-23-11-9-15)17-6-7-19-24-13-18(22(30)27(19)14-17)26-21(29)16-4-2-1-3-5-16/h1-11,13-14H,12H2,(H,25,28)(H,26,29). The second-order valence-corrected chi connectivity index (χ2v) is 6.48. The summed E-state index contributed by atoms with van der Waals surface area (Å²) >= 11 is 0. The number of pyridine rings is 2. The molecule has 0 atom stereocenters. The summed E-state index contributed by atoms with van der Waals surface area (Å²) < 4.78 is 1.24. The van der Waals surface area contributed by atoms with Gasteiger partial charge in [-0.2, -0.15) is 0 Å². The van der Waals surface area contributed by atoms with E-state index in [2.05, 4.69) is 20.6 Å². The Morgan fingerprint density at radius 2 is 1.67 bits per heavy atom. The highest BCUT2D eigenvalue weighted by Crippen LogP contribution is 2.08. The number of aromatic nitrogens is 3. The number of hydrogen-bond donors (Lipinski definition) is 2. The van der Waals surface area contributed by atoms with E-state index in [1.54, 1.807) is 67.0 Å². The van der Waals surface area contributed by atoms with Gasteiger partial charge in [0.05, 0.1) is 11.8 Å². The highest BCUT2D eigenvalue weighted by molar-refractivity contribution is 6.04. The molecule has 3 heterocycles. The van der Waals surface area contributed by atoms with Crippen molar-refractivity contribution in [3.05, 3.63) is 106 Å². The van der Waals surface area contributed by atoms with Crippen LogP contribution < -0.4 is 16.2 Å². The Hall–Kier alpha value is -4.33. The van der Waals surface area contributed by atoms with Gasteiger partial charge >= 0.3 is 0 Å². The first-order valence-corrected chi connectivity index (χ1v) is 9.17. The molecule has 0 aliphatic heterocycles. The second-order valence-electron chi connectivity index (χ2n) is 6.48. The minimum Gasteiger partial charge on any atom is -0.348 e. The molecule has 8 nitrogen and oxygen atoms in total. The first-order chi connectivity index (χ1) is 14.6. The van der Waals surface area contributed by atoms with E-state index in [4.69, 9.17) is 0 Å². The fourth-order valence-corrected chi connectivity index (χ4v) is 2.87. The lowest BCUT2D eigenvalue weighted by atomic mass is 10.2. The maximum absolute atomic E-state index is 12.8. The van der Waals surface area contributed by atoms with Crippen LogP contribution in [0.4, 0.5) is 5.69 Å². The van der Waals surface area contributed by atoms with Crippen molar-refractivity contribution in [2.24, 2.45) is 0 Å². The van der Waals surface area contributed by atoms with Crippen LogP contribution in [0.5, 0.6) is 0 Å². The minimum atomic E-state index is -0.479. The predicted octanol–water partition coefficient (Wildman–Crippen LogP) is 2.27. The number of nitrogens with zero attached hydrogens (tertiary/aromatic N) is 3. The van der Waals surface area contributed by atoms with Crippen LogP contribution in [0.1, 0.15) is 26.3 Å². The van der Waals surface area contributed by atoms with E-state index in [-0.39, 0.29) is 11.6 Å². The molecule has 2 N–H and O–H groups in total. The number of fused-ring (bicyclic) bond motifs is 1. The second kappa shape index (κ2) is 8.36. The lowest BCUT2D eigenvalue weighted by Crippen LogP contribution is -2.26. The molecule has 0 unspecified atom stereocenters. The van der Waals surface area contributed by atoms with Gasteiger partial charge < -0.3 is 10.6 Å². The van der Waals surface area contributed by atoms with Gasteiger partial charge in [0.15, 0.2) is 0 Å². The SMILES string of the molecule is O=C(NCc1ccncc1)c1ccc2ncc(NC(=O)c3ccccc3)c(=O)n2c1. The molecule has 2 amide bonds. The van der Waals surface area contributed by atoms with Crippen LogP contribution in [0.15, 0.2) is 84.2 Å². The van der Waals surface area contributed by atoms with E-state index in [0.29, 0.717) is 23.3 Å². The van der Waals surface area contributed by atoms with E-state index >= 15 is 0 Å². The molecule has 0 saturated carbocycles. The van der Waals surface area contributed by atoms with Crippen molar-refractivity contribution in [3.63, 3.8) is 0 Å². The molecule has 148 valence electrons. The van der Waals surface area contributed by atoms with E-state index in [0.717, 1.165) is 5.56 Å².